The minimum Gasteiger partial charge on any atom is -0.300 e. The molecule has 0 aromatic heterocycles. The molecule has 0 bridgehead atoms. The third-order valence-electron chi connectivity index (χ3n) is 3.14. The van der Waals surface area contributed by atoms with E-state index in [1.807, 2.05) is 0 Å². The highest BCUT2D eigenvalue weighted by molar-refractivity contribution is 5.21. The second-order valence-corrected chi connectivity index (χ2v) is 4.44. The molecule has 0 saturated heterocycles. The monoisotopic (exact) mass is 212 g/mol. The predicted octanol–water partition coefficient (Wildman–Crippen LogP) is 3.41. The molecular formula is C12H24N2O. The fourth-order valence-electron chi connectivity index (χ4n) is 2.22. The summed E-state index contributed by atoms with van der Waals surface area (Å²) in [5.41, 5.74) is 2.98. The first-order chi connectivity index (χ1) is 7.43. The summed E-state index contributed by atoms with van der Waals surface area (Å²) < 4.78 is 0. The summed E-state index contributed by atoms with van der Waals surface area (Å²) in [6, 6.07) is 0.466. The average molecular weight is 212 g/mol. The quantitative estimate of drug-likeness (QED) is 0.574. The third kappa shape index (κ3) is 6.50. The lowest BCUT2D eigenvalue weighted by Crippen LogP contribution is -2.27. The number of rotatable bonds is 3. The summed E-state index contributed by atoms with van der Waals surface area (Å²) in [5, 5.41) is 3.38. The van der Waals surface area contributed by atoms with Crippen LogP contribution in [-0.2, 0) is 4.94 Å². The molecule has 1 saturated carbocycles. The first kappa shape index (κ1) is 12.5. The zero-order valence-corrected chi connectivity index (χ0v) is 9.71. The molecule has 3 nitrogen and oxygen atoms in total. The maximum atomic E-state index is 4.84. The molecule has 1 aliphatic rings. The molecular weight excluding hydrogens is 188 g/mol. The highest BCUT2D eigenvalue weighted by Gasteiger charge is 2.09. The van der Waals surface area contributed by atoms with Gasteiger partial charge in [0.05, 0.1) is 0 Å². The number of nitrogens with zero attached hydrogens (tertiary/aromatic N) is 1. The Morgan fingerprint density at radius 2 is 1.33 bits per heavy atom. The Labute approximate surface area is 93.2 Å². The molecule has 1 fully saturated rings. The number of nitrogens with one attached hydrogen (secondary N) is 1. The molecule has 0 spiro atoms. The van der Waals surface area contributed by atoms with Crippen LogP contribution in [0.2, 0.25) is 0 Å². The summed E-state index contributed by atoms with van der Waals surface area (Å²) in [7, 11) is 0. The Hall–Kier alpha value is -0.570. The fraction of sp³-hybridized carbons (Fsp3) is 0.917. The molecule has 15 heavy (non-hydrogen) atoms. The van der Waals surface area contributed by atoms with Gasteiger partial charge in [-0.25, -0.2) is 0 Å². The van der Waals surface area contributed by atoms with E-state index in [9.17, 15) is 0 Å². The van der Waals surface area contributed by atoms with E-state index in [1.165, 1.54) is 64.2 Å². The molecule has 0 aliphatic heterocycles. The van der Waals surface area contributed by atoms with Crippen LogP contribution in [-0.4, -0.2) is 12.8 Å². The Kier molecular flexibility index (Phi) is 7.26. The van der Waals surface area contributed by atoms with Gasteiger partial charge in [0.2, 0.25) is 0 Å². The highest BCUT2D eigenvalue weighted by atomic mass is 16.8. The first-order valence-electron chi connectivity index (χ1n) is 6.31. The minimum atomic E-state index is 0.466. The lowest BCUT2D eigenvalue weighted by molar-refractivity contribution is 0.0167. The van der Waals surface area contributed by atoms with E-state index in [4.69, 9.17) is 4.94 Å². The zero-order valence-electron chi connectivity index (χ0n) is 9.71. The van der Waals surface area contributed by atoms with Crippen molar-refractivity contribution in [3.05, 3.63) is 0 Å². The smallest absolute Gasteiger partial charge is 0.0453 e. The van der Waals surface area contributed by atoms with Crippen LogP contribution in [0.15, 0.2) is 5.16 Å². The topological polar surface area (TPSA) is 33.6 Å². The minimum absolute atomic E-state index is 0.466. The van der Waals surface area contributed by atoms with Crippen LogP contribution in [0.1, 0.15) is 64.2 Å². The molecule has 1 rings (SSSR count). The van der Waals surface area contributed by atoms with Gasteiger partial charge in [-0.1, -0.05) is 56.5 Å². The van der Waals surface area contributed by atoms with Crippen molar-refractivity contribution < 1.29 is 4.94 Å². The van der Waals surface area contributed by atoms with Crippen LogP contribution < -0.4 is 5.48 Å². The van der Waals surface area contributed by atoms with E-state index < -0.39 is 0 Å². The standard InChI is InChI=1S/C12H24N2O/c1-13-15-14-12-10-8-6-4-2-3-5-7-9-11-12/h12,14H,1-11H2. The van der Waals surface area contributed by atoms with Gasteiger partial charge >= 0.3 is 0 Å². The van der Waals surface area contributed by atoms with Gasteiger partial charge in [0, 0.05) is 12.8 Å². The van der Waals surface area contributed by atoms with Crippen molar-refractivity contribution in [1.29, 1.82) is 0 Å². The fourth-order valence-corrected chi connectivity index (χ4v) is 2.22. The molecule has 0 radical (unpaired) electrons. The number of oxime groups is 1. The van der Waals surface area contributed by atoms with Gasteiger partial charge in [0.15, 0.2) is 0 Å². The molecule has 1 aliphatic carbocycles. The van der Waals surface area contributed by atoms with E-state index in [-0.39, 0.29) is 0 Å². The van der Waals surface area contributed by atoms with Crippen LogP contribution in [0.25, 0.3) is 0 Å². The largest absolute Gasteiger partial charge is 0.300 e. The van der Waals surface area contributed by atoms with Crippen molar-refractivity contribution in [1.82, 2.24) is 5.48 Å². The second kappa shape index (κ2) is 8.72. The Morgan fingerprint density at radius 1 is 0.867 bits per heavy atom. The van der Waals surface area contributed by atoms with Gasteiger partial charge in [0.25, 0.3) is 0 Å². The van der Waals surface area contributed by atoms with Crippen molar-refractivity contribution in [3.8, 4) is 0 Å². The molecule has 0 atom stereocenters. The highest BCUT2D eigenvalue weighted by Crippen LogP contribution is 2.16. The summed E-state index contributed by atoms with van der Waals surface area (Å²) in [4.78, 5) is 4.84. The van der Waals surface area contributed by atoms with Crippen LogP contribution in [0.3, 0.4) is 0 Å². The molecule has 0 heterocycles. The van der Waals surface area contributed by atoms with Crippen molar-refractivity contribution in [2.24, 2.45) is 5.16 Å². The lowest BCUT2D eigenvalue weighted by atomic mass is 10.0. The van der Waals surface area contributed by atoms with Gasteiger partial charge in [0.1, 0.15) is 0 Å². The van der Waals surface area contributed by atoms with E-state index >= 15 is 0 Å². The summed E-state index contributed by atoms with van der Waals surface area (Å²) in [6.45, 7) is 3.30. The molecule has 1 N–H and O–H groups in total. The molecule has 0 aromatic rings. The van der Waals surface area contributed by atoms with Gasteiger partial charge in [-0.3, -0.25) is 0 Å². The van der Waals surface area contributed by atoms with Crippen LogP contribution in [0.5, 0.6) is 0 Å². The van der Waals surface area contributed by atoms with Crippen LogP contribution >= 0.6 is 0 Å². The van der Waals surface area contributed by atoms with Gasteiger partial charge < -0.3 is 4.94 Å². The lowest BCUT2D eigenvalue weighted by Gasteiger charge is -2.15. The van der Waals surface area contributed by atoms with Crippen LogP contribution in [0.4, 0.5) is 0 Å². The summed E-state index contributed by atoms with van der Waals surface area (Å²) in [5.74, 6) is 0. The summed E-state index contributed by atoms with van der Waals surface area (Å²) in [6.07, 6.45) is 13.4. The SMILES string of the molecule is C=NONC1CCCCCCCCCC1. The van der Waals surface area contributed by atoms with Crippen molar-refractivity contribution in [2.45, 2.75) is 70.3 Å². The number of hydrogen-bond donors (Lipinski definition) is 1. The van der Waals surface area contributed by atoms with Gasteiger partial charge in [-0.05, 0) is 12.8 Å². The third-order valence-corrected chi connectivity index (χ3v) is 3.14. The average Bonchev–Trinajstić information content (AvgIpc) is 2.31. The molecule has 0 amide bonds. The number of hydroxylamine groups is 1. The van der Waals surface area contributed by atoms with Crippen molar-refractivity contribution in [3.63, 3.8) is 0 Å². The van der Waals surface area contributed by atoms with E-state index in [0.29, 0.717) is 6.04 Å². The van der Waals surface area contributed by atoms with E-state index in [0.717, 1.165) is 0 Å². The predicted molar refractivity (Wildman–Crippen MR) is 63.7 cm³/mol. The molecule has 3 heteroatoms. The molecule has 0 unspecified atom stereocenters. The normalized spacial score (nSPS) is 21.6. The van der Waals surface area contributed by atoms with Crippen molar-refractivity contribution in [2.75, 3.05) is 0 Å². The molecule has 88 valence electrons. The van der Waals surface area contributed by atoms with Gasteiger partial charge in [-0.15, -0.1) is 5.48 Å². The maximum Gasteiger partial charge on any atom is 0.0453 e. The first-order valence-corrected chi connectivity index (χ1v) is 6.31. The zero-order chi connectivity index (χ0) is 10.8. The second-order valence-electron chi connectivity index (χ2n) is 4.44. The Bertz CT molecular complexity index is 150. The van der Waals surface area contributed by atoms with E-state index in [2.05, 4.69) is 17.4 Å². The molecule has 0 aromatic carbocycles. The summed E-state index contributed by atoms with van der Waals surface area (Å²) >= 11 is 0. The van der Waals surface area contributed by atoms with Crippen molar-refractivity contribution >= 4 is 6.72 Å². The Balaban J connectivity index is 2.22. The van der Waals surface area contributed by atoms with Crippen LogP contribution in [0, 0.1) is 0 Å². The number of hydrogen-bond acceptors (Lipinski definition) is 3. The van der Waals surface area contributed by atoms with Gasteiger partial charge in [-0.2, -0.15) is 0 Å². The van der Waals surface area contributed by atoms with E-state index in [1.54, 1.807) is 0 Å². The maximum absolute atomic E-state index is 4.84. The Morgan fingerprint density at radius 3 is 1.80 bits per heavy atom.